The lowest BCUT2D eigenvalue weighted by atomic mass is 9.96. The summed E-state index contributed by atoms with van der Waals surface area (Å²) in [4.78, 5) is 9.93. The first-order valence-corrected chi connectivity index (χ1v) is 16.3. The van der Waals surface area contributed by atoms with Crippen LogP contribution in [0.3, 0.4) is 0 Å². The Hall–Kier alpha value is -6.72. The van der Waals surface area contributed by atoms with E-state index < -0.39 is 0 Å². The number of hydrogen-bond acceptors (Lipinski definition) is 4. The van der Waals surface area contributed by atoms with Gasteiger partial charge in [0, 0.05) is 16.7 Å². The van der Waals surface area contributed by atoms with Gasteiger partial charge in [-0.3, -0.25) is 0 Å². The van der Waals surface area contributed by atoms with Gasteiger partial charge < -0.3 is 0 Å². The normalized spacial score (nSPS) is 11.3. The van der Waals surface area contributed by atoms with Crippen LogP contribution in [0.2, 0.25) is 0 Å². The fourth-order valence-corrected chi connectivity index (χ4v) is 6.36. The van der Waals surface area contributed by atoms with Crippen molar-refractivity contribution in [1.82, 2.24) is 25.0 Å². The van der Waals surface area contributed by atoms with Crippen molar-refractivity contribution in [3.63, 3.8) is 0 Å². The molecular formula is C44H29N5. The molecule has 7 aromatic carbocycles. The number of rotatable bonds is 6. The molecule has 0 spiro atoms. The fourth-order valence-electron chi connectivity index (χ4n) is 6.36. The van der Waals surface area contributed by atoms with Gasteiger partial charge >= 0.3 is 0 Å². The van der Waals surface area contributed by atoms with Crippen LogP contribution in [0.5, 0.6) is 0 Å². The smallest absolute Gasteiger partial charge is 0.160 e. The highest BCUT2D eigenvalue weighted by molar-refractivity contribution is 5.91. The first kappa shape index (κ1) is 28.5. The Kier molecular flexibility index (Phi) is 7.06. The minimum Gasteiger partial charge on any atom is -0.228 e. The summed E-state index contributed by atoms with van der Waals surface area (Å²) in [6.07, 6.45) is 0. The highest BCUT2D eigenvalue weighted by atomic mass is 15.4. The molecule has 0 radical (unpaired) electrons. The average Bonchev–Trinajstić information content (AvgIpc) is 3.62. The molecule has 230 valence electrons. The zero-order valence-electron chi connectivity index (χ0n) is 26.5. The van der Waals surface area contributed by atoms with E-state index in [2.05, 4.69) is 126 Å². The van der Waals surface area contributed by atoms with Crippen LogP contribution in [0.15, 0.2) is 176 Å². The Morgan fingerprint density at radius 2 is 0.878 bits per heavy atom. The zero-order valence-corrected chi connectivity index (χ0v) is 26.5. The standard InChI is InChI=1S/C44H29N5/c1-3-9-33(10-4-1)41-29-42(46-44(45-41)35-11-5-2-6-12-35)34-19-15-30(16-20-34)36-21-17-32-18-22-37(28-38(32)27-36)31-23-25-39(26-24-31)49-43-14-8-7-13-40(43)47-48-49/h1-29H. The molecule has 5 heteroatoms. The van der Waals surface area contributed by atoms with E-state index in [1.807, 2.05) is 65.3 Å². The first-order chi connectivity index (χ1) is 24.2. The number of fused-ring (bicyclic) bond motifs is 2. The van der Waals surface area contributed by atoms with Gasteiger partial charge in [0.05, 0.1) is 22.6 Å². The Morgan fingerprint density at radius 3 is 1.53 bits per heavy atom. The molecule has 9 aromatic rings. The number of benzene rings is 7. The second-order valence-corrected chi connectivity index (χ2v) is 12.1. The van der Waals surface area contributed by atoms with Crippen molar-refractivity contribution in [2.75, 3.05) is 0 Å². The maximum Gasteiger partial charge on any atom is 0.160 e. The molecule has 0 aliphatic heterocycles. The average molecular weight is 628 g/mol. The van der Waals surface area contributed by atoms with Crippen molar-refractivity contribution < 1.29 is 0 Å². The third-order valence-electron chi connectivity index (χ3n) is 8.98. The van der Waals surface area contributed by atoms with Gasteiger partial charge in [0.15, 0.2) is 5.82 Å². The van der Waals surface area contributed by atoms with E-state index in [1.54, 1.807) is 0 Å². The number of nitrogens with zero attached hydrogens (tertiary/aromatic N) is 5. The van der Waals surface area contributed by atoms with Crippen LogP contribution in [-0.2, 0) is 0 Å². The lowest BCUT2D eigenvalue weighted by Crippen LogP contribution is -1.96. The second kappa shape index (κ2) is 12.1. The summed E-state index contributed by atoms with van der Waals surface area (Å²) in [5.41, 5.74) is 12.4. The molecular weight excluding hydrogens is 599 g/mol. The molecule has 2 aromatic heterocycles. The number of para-hydroxylation sites is 1. The molecule has 0 aliphatic carbocycles. The van der Waals surface area contributed by atoms with E-state index in [-0.39, 0.29) is 0 Å². The summed E-state index contributed by atoms with van der Waals surface area (Å²) in [5.74, 6) is 0.716. The minimum absolute atomic E-state index is 0.716. The summed E-state index contributed by atoms with van der Waals surface area (Å²) in [6.45, 7) is 0. The molecule has 0 atom stereocenters. The molecule has 0 bridgehead atoms. The zero-order chi connectivity index (χ0) is 32.6. The van der Waals surface area contributed by atoms with Crippen molar-refractivity contribution in [3.8, 4) is 61.8 Å². The van der Waals surface area contributed by atoms with Gasteiger partial charge in [-0.1, -0.05) is 139 Å². The van der Waals surface area contributed by atoms with Crippen LogP contribution < -0.4 is 0 Å². The molecule has 49 heavy (non-hydrogen) atoms. The Balaban J connectivity index is 1.02. The predicted molar refractivity (Wildman–Crippen MR) is 199 cm³/mol. The molecule has 2 heterocycles. The third-order valence-corrected chi connectivity index (χ3v) is 8.98. The van der Waals surface area contributed by atoms with Gasteiger partial charge in [-0.25, -0.2) is 14.6 Å². The Bertz CT molecular complexity index is 2520. The van der Waals surface area contributed by atoms with Crippen LogP contribution in [0, 0.1) is 0 Å². The van der Waals surface area contributed by atoms with Crippen LogP contribution in [0.1, 0.15) is 0 Å². The number of aromatic nitrogens is 5. The maximum atomic E-state index is 5.00. The SMILES string of the molecule is c1ccc(-c2cc(-c3ccc(-c4ccc5ccc(-c6ccc(-n7nnc8ccccc87)cc6)cc5c4)cc3)nc(-c3ccccc3)n2)cc1. The van der Waals surface area contributed by atoms with Crippen LogP contribution in [0.4, 0.5) is 0 Å². The molecule has 0 saturated heterocycles. The summed E-state index contributed by atoms with van der Waals surface area (Å²) in [5, 5.41) is 11.1. The van der Waals surface area contributed by atoms with Gasteiger partial charge in [-0.2, -0.15) is 0 Å². The van der Waals surface area contributed by atoms with Crippen LogP contribution in [-0.4, -0.2) is 25.0 Å². The summed E-state index contributed by atoms with van der Waals surface area (Å²) < 4.78 is 1.88. The van der Waals surface area contributed by atoms with E-state index in [9.17, 15) is 0 Å². The summed E-state index contributed by atoms with van der Waals surface area (Å²) >= 11 is 0. The second-order valence-electron chi connectivity index (χ2n) is 12.1. The highest BCUT2D eigenvalue weighted by Crippen LogP contribution is 2.32. The van der Waals surface area contributed by atoms with Gasteiger partial charge in [0.25, 0.3) is 0 Å². The lowest BCUT2D eigenvalue weighted by molar-refractivity contribution is 0.824. The van der Waals surface area contributed by atoms with Gasteiger partial charge in [-0.05, 0) is 75.5 Å². The van der Waals surface area contributed by atoms with Gasteiger partial charge in [0.2, 0.25) is 0 Å². The molecule has 9 rings (SSSR count). The van der Waals surface area contributed by atoms with Crippen LogP contribution >= 0.6 is 0 Å². The lowest BCUT2D eigenvalue weighted by Gasteiger charge is -2.11. The Labute approximate surface area is 283 Å². The van der Waals surface area contributed by atoms with Gasteiger partial charge in [-0.15, -0.1) is 5.10 Å². The highest BCUT2D eigenvalue weighted by Gasteiger charge is 2.12. The van der Waals surface area contributed by atoms with E-state index >= 15 is 0 Å². The topological polar surface area (TPSA) is 56.5 Å². The molecule has 0 unspecified atom stereocenters. The molecule has 0 amide bonds. The van der Waals surface area contributed by atoms with Crippen molar-refractivity contribution in [3.05, 3.63) is 176 Å². The van der Waals surface area contributed by atoms with Crippen molar-refractivity contribution in [2.24, 2.45) is 0 Å². The van der Waals surface area contributed by atoms with E-state index in [0.717, 1.165) is 55.9 Å². The first-order valence-electron chi connectivity index (χ1n) is 16.3. The van der Waals surface area contributed by atoms with E-state index in [4.69, 9.17) is 9.97 Å². The van der Waals surface area contributed by atoms with Crippen molar-refractivity contribution in [1.29, 1.82) is 0 Å². The fraction of sp³-hybridized carbons (Fsp3) is 0. The largest absolute Gasteiger partial charge is 0.228 e. The Morgan fingerprint density at radius 1 is 0.367 bits per heavy atom. The molecule has 0 saturated carbocycles. The molecule has 5 nitrogen and oxygen atoms in total. The summed E-state index contributed by atoms with van der Waals surface area (Å²) in [6, 6.07) is 61.0. The third kappa shape index (κ3) is 5.53. The van der Waals surface area contributed by atoms with Crippen molar-refractivity contribution >= 4 is 21.8 Å². The quantitative estimate of drug-likeness (QED) is 0.184. The van der Waals surface area contributed by atoms with Crippen LogP contribution in [0.25, 0.3) is 83.6 Å². The summed E-state index contributed by atoms with van der Waals surface area (Å²) in [7, 11) is 0. The minimum atomic E-state index is 0.716. The van der Waals surface area contributed by atoms with E-state index in [0.29, 0.717) is 5.82 Å². The number of hydrogen-bond donors (Lipinski definition) is 0. The van der Waals surface area contributed by atoms with Gasteiger partial charge in [0.1, 0.15) is 5.52 Å². The molecule has 0 fully saturated rings. The molecule has 0 aliphatic rings. The predicted octanol–water partition coefficient (Wildman–Crippen LogP) is 10.7. The van der Waals surface area contributed by atoms with E-state index in [1.165, 1.54) is 21.9 Å². The molecule has 0 N–H and O–H groups in total. The monoisotopic (exact) mass is 627 g/mol. The van der Waals surface area contributed by atoms with Crippen molar-refractivity contribution in [2.45, 2.75) is 0 Å². The maximum absolute atomic E-state index is 5.00.